The summed E-state index contributed by atoms with van der Waals surface area (Å²) in [7, 11) is 0. The standard InChI is InChI=1S/C13H17N5O2S/c1-4-5-21-11-9(12(19)20)10(14)18(17-11)13-15-7(2)6-8(3)16-13/h6H,4-5,14H2,1-3H3,(H,19,20). The summed E-state index contributed by atoms with van der Waals surface area (Å²) in [6.07, 6.45) is 0.913. The lowest BCUT2D eigenvalue weighted by molar-refractivity contribution is 0.0694. The number of rotatable bonds is 5. The van der Waals surface area contributed by atoms with Crippen LogP contribution in [-0.2, 0) is 0 Å². The molecule has 2 aromatic rings. The summed E-state index contributed by atoms with van der Waals surface area (Å²) in [6, 6.07) is 1.83. The van der Waals surface area contributed by atoms with Gasteiger partial charge >= 0.3 is 5.97 Å². The van der Waals surface area contributed by atoms with Crippen molar-refractivity contribution in [2.75, 3.05) is 11.5 Å². The Morgan fingerprint density at radius 2 is 2.00 bits per heavy atom. The molecule has 112 valence electrons. The number of anilines is 1. The first kappa shape index (κ1) is 15.3. The van der Waals surface area contributed by atoms with Crippen molar-refractivity contribution in [3.8, 4) is 5.95 Å². The first-order valence-corrected chi connectivity index (χ1v) is 7.49. The molecule has 0 aliphatic carbocycles. The van der Waals surface area contributed by atoms with Crippen LogP contribution in [0.15, 0.2) is 11.1 Å². The Labute approximate surface area is 126 Å². The Kier molecular flexibility index (Phi) is 4.46. The van der Waals surface area contributed by atoms with Gasteiger partial charge in [0.2, 0.25) is 0 Å². The molecular formula is C13H17N5O2S. The van der Waals surface area contributed by atoms with Gasteiger partial charge in [-0.15, -0.1) is 11.8 Å². The number of carboxylic acids is 1. The van der Waals surface area contributed by atoms with Crippen molar-refractivity contribution in [2.45, 2.75) is 32.2 Å². The van der Waals surface area contributed by atoms with Crippen molar-refractivity contribution in [3.05, 3.63) is 23.0 Å². The third-order valence-corrected chi connectivity index (χ3v) is 3.88. The number of aromatic nitrogens is 4. The molecule has 21 heavy (non-hydrogen) atoms. The van der Waals surface area contributed by atoms with Gasteiger partial charge in [-0.3, -0.25) is 0 Å². The average molecular weight is 307 g/mol. The maximum Gasteiger partial charge on any atom is 0.342 e. The Morgan fingerprint density at radius 1 is 1.38 bits per heavy atom. The molecule has 0 saturated carbocycles. The fraction of sp³-hybridized carbons (Fsp3) is 0.385. The largest absolute Gasteiger partial charge is 0.477 e. The second-order valence-electron chi connectivity index (χ2n) is 4.58. The second-order valence-corrected chi connectivity index (χ2v) is 5.67. The van der Waals surface area contributed by atoms with E-state index in [1.165, 1.54) is 16.4 Å². The topological polar surface area (TPSA) is 107 Å². The lowest BCUT2D eigenvalue weighted by Crippen LogP contribution is -2.10. The average Bonchev–Trinajstić information content (AvgIpc) is 2.72. The second kappa shape index (κ2) is 6.13. The van der Waals surface area contributed by atoms with Crippen LogP contribution in [0.2, 0.25) is 0 Å². The molecule has 7 nitrogen and oxygen atoms in total. The van der Waals surface area contributed by atoms with Gasteiger partial charge in [-0.1, -0.05) is 6.92 Å². The van der Waals surface area contributed by atoms with E-state index in [4.69, 9.17) is 5.73 Å². The summed E-state index contributed by atoms with van der Waals surface area (Å²) in [5, 5.41) is 14.0. The third-order valence-electron chi connectivity index (χ3n) is 2.71. The zero-order chi connectivity index (χ0) is 15.6. The van der Waals surface area contributed by atoms with Gasteiger partial charge < -0.3 is 10.8 Å². The molecule has 0 atom stereocenters. The molecule has 0 aliphatic rings. The van der Waals surface area contributed by atoms with Gasteiger partial charge in [-0.25, -0.2) is 14.8 Å². The number of nitrogen functional groups attached to an aromatic ring is 1. The third kappa shape index (κ3) is 3.15. The summed E-state index contributed by atoms with van der Waals surface area (Å²) in [5.74, 6) is 0.00781. The maximum absolute atomic E-state index is 11.4. The zero-order valence-electron chi connectivity index (χ0n) is 12.1. The lowest BCUT2D eigenvalue weighted by Gasteiger charge is -2.04. The van der Waals surface area contributed by atoms with Crippen LogP contribution in [0.4, 0.5) is 5.82 Å². The van der Waals surface area contributed by atoms with Crippen LogP contribution in [0.25, 0.3) is 5.95 Å². The van der Waals surface area contributed by atoms with Crippen molar-refractivity contribution in [3.63, 3.8) is 0 Å². The number of nitrogens with zero attached hydrogens (tertiary/aromatic N) is 4. The van der Waals surface area contributed by atoms with Gasteiger partial charge in [0, 0.05) is 11.4 Å². The Morgan fingerprint density at radius 3 is 2.52 bits per heavy atom. The summed E-state index contributed by atoms with van der Waals surface area (Å²) in [5.41, 5.74) is 7.49. The smallest absolute Gasteiger partial charge is 0.342 e. The van der Waals surface area contributed by atoms with E-state index in [1.807, 2.05) is 26.8 Å². The molecule has 2 aromatic heterocycles. The molecule has 0 radical (unpaired) electrons. The maximum atomic E-state index is 11.4. The fourth-order valence-electron chi connectivity index (χ4n) is 1.87. The quantitative estimate of drug-likeness (QED) is 0.814. The van der Waals surface area contributed by atoms with E-state index in [-0.39, 0.29) is 17.3 Å². The summed E-state index contributed by atoms with van der Waals surface area (Å²) < 4.78 is 1.29. The summed E-state index contributed by atoms with van der Waals surface area (Å²) in [4.78, 5) is 19.9. The van der Waals surface area contributed by atoms with Gasteiger partial charge in [0.1, 0.15) is 16.4 Å². The molecule has 0 unspecified atom stereocenters. The number of hydrogen-bond acceptors (Lipinski definition) is 6. The van der Waals surface area contributed by atoms with Gasteiger partial charge in [0.15, 0.2) is 0 Å². The molecule has 0 aliphatic heterocycles. The number of nitrogens with two attached hydrogens (primary N) is 1. The summed E-state index contributed by atoms with van der Waals surface area (Å²) in [6.45, 7) is 5.69. The first-order valence-electron chi connectivity index (χ1n) is 6.51. The van der Waals surface area contributed by atoms with Crippen LogP contribution < -0.4 is 5.73 Å². The minimum Gasteiger partial charge on any atom is -0.477 e. The van der Waals surface area contributed by atoms with Gasteiger partial charge in [-0.2, -0.15) is 9.78 Å². The van der Waals surface area contributed by atoms with Crippen LogP contribution in [0.5, 0.6) is 0 Å². The van der Waals surface area contributed by atoms with E-state index >= 15 is 0 Å². The number of hydrogen-bond donors (Lipinski definition) is 2. The molecule has 3 N–H and O–H groups in total. The van der Waals surface area contributed by atoms with E-state index in [9.17, 15) is 9.90 Å². The number of aromatic carboxylic acids is 1. The van der Waals surface area contributed by atoms with Crippen LogP contribution in [0.3, 0.4) is 0 Å². The number of thioether (sulfide) groups is 1. The van der Waals surface area contributed by atoms with Crippen LogP contribution in [-0.4, -0.2) is 36.6 Å². The van der Waals surface area contributed by atoms with E-state index in [2.05, 4.69) is 15.1 Å². The SMILES string of the molecule is CCCSc1nn(-c2nc(C)cc(C)n2)c(N)c1C(=O)O. The zero-order valence-corrected chi connectivity index (χ0v) is 12.9. The number of carbonyl (C=O) groups is 1. The normalized spacial score (nSPS) is 10.8. The minimum absolute atomic E-state index is 0.0104. The molecule has 2 rings (SSSR count). The molecule has 0 spiro atoms. The lowest BCUT2D eigenvalue weighted by atomic mass is 10.3. The molecule has 0 aromatic carbocycles. The van der Waals surface area contributed by atoms with Crippen LogP contribution >= 0.6 is 11.8 Å². The van der Waals surface area contributed by atoms with Crippen molar-refractivity contribution in [1.29, 1.82) is 0 Å². The van der Waals surface area contributed by atoms with E-state index in [0.717, 1.165) is 23.6 Å². The highest BCUT2D eigenvalue weighted by Crippen LogP contribution is 2.28. The Hall–Kier alpha value is -2.09. The molecule has 0 amide bonds. The predicted octanol–water partition coefficient (Wildman–Crippen LogP) is 2.06. The Balaban J connectivity index is 2.56. The molecule has 8 heteroatoms. The van der Waals surface area contributed by atoms with Crippen molar-refractivity contribution in [1.82, 2.24) is 19.7 Å². The van der Waals surface area contributed by atoms with Gasteiger partial charge in [-0.05, 0) is 32.1 Å². The highest BCUT2D eigenvalue weighted by molar-refractivity contribution is 7.99. The monoisotopic (exact) mass is 307 g/mol. The van der Waals surface area contributed by atoms with Crippen LogP contribution in [0, 0.1) is 13.8 Å². The minimum atomic E-state index is -1.10. The molecule has 0 saturated heterocycles. The predicted molar refractivity (Wildman–Crippen MR) is 81.0 cm³/mol. The van der Waals surface area contributed by atoms with Gasteiger partial charge in [0.05, 0.1) is 0 Å². The van der Waals surface area contributed by atoms with E-state index in [1.54, 1.807) is 0 Å². The Bertz CT molecular complexity index is 663. The van der Waals surface area contributed by atoms with E-state index < -0.39 is 5.97 Å². The number of carboxylic acid groups (broad SMARTS) is 1. The summed E-state index contributed by atoms with van der Waals surface area (Å²) >= 11 is 1.37. The molecule has 2 heterocycles. The fourth-order valence-corrected chi connectivity index (χ4v) is 2.74. The van der Waals surface area contributed by atoms with Crippen molar-refractivity contribution in [2.24, 2.45) is 0 Å². The number of aryl methyl sites for hydroxylation is 2. The van der Waals surface area contributed by atoms with E-state index in [0.29, 0.717) is 5.03 Å². The molecule has 0 bridgehead atoms. The van der Waals surface area contributed by atoms with Crippen molar-refractivity contribution < 1.29 is 9.90 Å². The van der Waals surface area contributed by atoms with Crippen LogP contribution in [0.1, 0.15) is 35.1 Å². The highest BCUT2D eigenvalue weighted by atomic mass is 32.2. The van der Waals surface area contributed by atoms with Crippen molar-refractivity contribution >= 4 is 23.5 Å². The van der Waals surface area contributed by atoms with Gasteiger partial charge in [0.25, 0.3) is 5.95 Å². The first-order chi connectivity index (χ1) is 9.93. The highest BCUT2D eigenvalue weighted by Gasteiger charge is 2.23. The molecular weight excluding hydrogens is 290 g/mol. The molecule has 0 fully saturated rings.